The minimum atomic E-state index is 0.288. The van der Waals surface area contributed by atoms with Crippen LogP contribution in [0.1, 0.15) is 43.2 Å². The number of rotatable bonds is 8. The molecule has 1 aromatic heterocycles. The van der Waals surface area contributed by atoms with Gasteiger partial charge in [-0.2, -0.15) is 0 Å². The van der Waals surface area contributed by atoms with Crippen LogP contribution in [-0.2, 0) is 22.5 Å². The van der Waals surface area contributed by atoms with Gasteiger partial charge in [0.1, 0.15) is 0 Å². The van der Waals surface area contributed by atoms with Crippen molar-refractivity contribution in [3.05, 3.63) is 71.9 Å². The molecule has 1 amide bonds. The van der Waals surface area contributed by atoms with Crippen molar-refractivity contribution >= 4 is 16.8 Å². The third-order valence-corrected chi connectivity index (χ3v) is 6.26. The Kier molecular flexibility index (Phi) is 6.85. The summed E-state index contributed by atoms with van der Waals surface area (Å²) in [5.74, 6) is 0.804. The van der Waals surface area contributed by atoms with E-state index in [1.807, 2.05) is 25.1 Å². The van der Waals surface area contributed by atoms with Gasteiger partial charge in [-0.1, -0.05) is 48.5 Å². The number of aromatic nitrogens is 1. The molecular formula is C26H32N2O2. The molecule has 0 saturated carbocycles. The molecule has 2 heterocycles. The van der Waals surface area contributed by atoms with Gasteiger partial charge >= 0.3 is 0 Å². The van der Waals surface area contributed by atoms with Crippen LogP contribution in [0.2, 0.25) is 0 Å². The summed E-state index contributed by atoms with van der Waals surface area (Å²) in [5.41, 5.74) is 3.95. The van der Waals surface area contributed by atoms with Crippen LogP contribution >= 0.6 is 0 Å². The molecule has 0 bridgehead atoms. The Morgan fingerprint density at radius 3 is 2.53 bits per heavy atom. The molecule has 0 atom stereocenters. The average Bonchev–Trinajstić information content (AvgIpc) is 3.17. The van der Waals surface area contributed by atoms with Gasteiger partial charge in [-0.15, -0.1) is 0 Å². The van der Waals surface area contributed by atoms with Crippen LogP contribution in [0.5, 0.6) is 0 Å². The fourth-order valence-electron chi connectivity index (χ4n) is 4.59. The number of fused-ring (bicyclic) bond motifs is 1. The van der Waals surface area contributed by atoms with E-state index < -0.39 is 0 Å². The molecule has 0 unspecified atom stereocenters. The van der Waals surface area contributed by atoms with Crippen LogP contribution < -0.4 is 0 Å². The van der Waals surface area contributed by atoms with Gasteiger partial charge in [0.05, 0.1) is 6.61 Å². The first kappa shape index (κ1) is 20.7. The summed E-state index contributed by atoms with van der Waals surface area (Å²) in [7, 11) is 0. The molecule has 0 spiro atoms. The molecule has 0 aliphatic carbocycles. The van der Waals surface area contributed by atoms with Gasteiger partial charge in [-0.05, 0) is 49.3 Å². The van der Waals surface area contributed by atoms with Crippen molar-refractivity contribution in [3.8, 4) is 0 Å². The van der Waals surface area contributed by atoms with Crippen molar-refractivity contribution in [2.24, 2.45) is 0 Å². The molecule has 1 aliphatic rings. The number of hydrogen-bond donors (Lipinski definition) is 0. The second-order valence-electron chi connectivity index (χ2n) is 8.13. The lowest BCUT2D eigenvalue weighted by Gasteiger charge is -2.32. The highest BCUT2D eigenvalue weighted by Crippen LogP contribution is 2.34. The maximum Gasteiger partial charge on any atom is 0.222 e. The number of benzene rings is 2. The summed E-state index contributed by atoms with van der Waals surface area (Å²) in [6.07, 6.45) is 5.83. The van der Waals surface area contributed by atoms with E-state index in [1.54, 1.807) is 0 Å². The monoisotopic (exact) mass is 404 g/mol. The topological polar surface area (TPSA) is 34.5 Å². The van der Waals surface area contributed by atoms with Crippen LogP contribution in [0, 0.1) is 0 Å². The predicted octanol–water partition coefficient (Wildman–Crippen LogP) is 5.02. The van der Waals surface area contributed by atoms with Crippen LogP contribution in [0.15, 0.2) is 60.8 Å². The first-order valence-electron chi connectivity index (χ1n) is 11.2. The maximum absolute atomic E-state index is 12.7. The molecule has 3 aromatic rings. The number of likely N-dealkylation sites (tertiary alicyclic amines) is 1. The number of amides is 1. The second kappa shape index (κ2) is 9.94. The summed E-state index contributed by atoms with van der Waals surface area (Å²) in [6.45, 7) is 6.12. The van der Waals surface area contributed by atoms with Crippen molar-refractivity contribution < 1.29 is 9.53 Å². The molecular weight excluding hydrogens is 372 g/mol. The Hall–Kier alpha value is -2.59. The minimum Gasteiger partial charge on any atom is -0.380 e. The van der Waals surface area contributed by atoms with Crippen molar-refractivity contribution in [3.63, 3.8) is 0 Å². The molecule has 0 radical (unpaired) electrons. The summed E-state index contributed by atoms with van der Waals surface area (Å²) < 4.78 is 7.90. The molecule has 30 heavy (non-hydrogen) atoms. The fourth-order valence-corrected chi connectivity index (χ4v) is 4.59. The Labute approximate surface area is 179 Å². The van der Waals surface area contributed by atoms with Crippen LogP contribution in [0.25, 0.3) is 10.9 Å². The van der Waals surface area contributed by atoms with Crippen LogP contribution in [0.3, 0.4) is 0 Å². The van der Waals surface area contributed by atoms with Crippen molar-refractivity contribution in [2.75, 3.05) is 26.3 Å². The van der Waals surface area contributed by atoms with E-state index in [4.69, 9.17) is 4.74 Å². The Morgan fingerprint density at radius 1 is 1.03 bits per heavy atom. The van der Waals surface area contributed by atoms with Gasteiger partial charge in [0, 0.05) is 49.8 Å². The van der Waals surface area contributed by atoms with Gasteiger partial charge < -0.3 is 14.2 Å². The Balaban J connectivity index is 1.38. The third kappa shape index (κ3) is 4.76. The number of hydrogen-bond acceptors (Lipinski definition) is 2. The highest BCUT2D eigenvalue weighted by Gasteiger charge is 2.26. The van der Waals surface area contributed by atoms with E-state index in [9.17, 15) is 4.79 Å². The lowest BCUT2D eigenvalue weighted by Crippen LogP contribution is -2.38. The van der Waals surface area contributed by atoms with E-state index in [1.165, 1.54) is 22.0 Å². The minimum absolute atomic E-state index is 0.288. The maximum atomic E-state index is 12.7. The largest absolute Gasteiger partial charge is 0.380 e. The second-order valence-corrected chi connectivity index (χ2v) is 8.13. The van der Waals surface area contributed by atoms with E-state index in [0.29, 0.717) is 12.3 Å². The van der Waals surface area contributed by atoms with Crippen LogP contribution in [0.4, 0.5) is 0 Å². The van der Waals surface area contributed by atoms with E-state index in [2.05, 4.69) is 52.1 Å². The van der Waals surface area contributed by atoms with E-state index in [-0.39, 0.29) is 5.91 Å². The van der Waals surface area contributed by atoms with Gasteiger partial charge in [0.25, 0.3) is 0 Å². The lowest BCUT2D eigenvalue weighted by molar-refractivity contribution is -0.132. The van der Waals surface area contributed by atoms with Crippen molar-refractivity contribution in [1.29, 1.82) is 0 Å². The van der Waals surface area contributed by atoms with E-state index in [0.717, 1.165) is 52.1 Å². The Bertz CT molecular complexity index is 956. The van der Waals surface area contributed by atoms with E-state index >= 15 is 0 Å². The number of nitrogens with zero attached hydrogens (tertiary/aromatic N) is 2. The molecule has 1 aliphatic heterocycles. The normalized spacial score (nSPS) is 15.0. The number of carbonyl (C=O) groups is 1. The first-order chi connectivity index (χ1) is 14.8. The van der Waals surface area contributed by atoms with Crippen molar-refractivity contribution in [1.82, 2.24) is 9.47 Å². The molecule has 1 saturated heterocycles. The zero-order valence-corrected chi connectivity index (χ0v) is 17.9. The number of para-hydroxylation sites is 1. The quantitative estimate of drug-likeness (QED) is 0.494. The van der Waals surface area contributed by atoms with Gasteiger partial charge in [0.2, 0.25) is 5.91 Å². The summed E-state index contributed by atoms with van der Waals surface area (Å²) in [5, 5.41) is 1.35. The predicted molar refractivity (Wildman–Crippen MR) is 122 cm³/mol. The molecule has 4 nitrogen and oxygen atoms in total. The number of aryl methyl sites for hydroxylation is 1. The molecule has 0 N–H and O–H groups in total. The SMILES string of the molecule is CCOCCn1cc(C2CCN(C(=O)CCc3ccccc3)CC2)c2ccccc21. The Morgan fingerprint density at radius 2 is 1.77 bits per heavy atom. The number of carbonyl (C=O) groups excluding carboxylic acids is 1. The summed E-state index contributed by atoms with van der Waals surface area (Å²) in [4.78, 5) is 14.7. The highest BCUT2D eigenvalue weighted by molar-refractivity contribution is 5.84. The van der Waals surface area contributed by atoms with Gasteiger partial charge in [0.15, 0.2) is 0 Å². The lowest BCUT2D eigenvalue weighted by atomic mass is 9.89. The van der Waals surface area contributed by atoms with Crippen molar-refractivity contribution in [2.45, 2.75) is 45.1 Å². The molecule has 1 fully saturated rings. The van der Waals surface area contributed by atoms with Gasteiger partial charge in [-0.25, -0.2) is 0 Å². The third-order valence-electron chi connectivity index (χ3n) is 6.26. The smallest absolute Gasteiger partial charge is 0.222 e. The van der Waals surface area contributed by atoms with Crippen LogP contribution in [-0.4, -0.2) is 41.7 Å². The molecule has 4 heteroatoms. The molecule has 4 rings (SSSR count). The highest BCUT2D eigenvalue weighted by atomic mass is 16.5. The van der Waals surface area contributed by atoms with Gasteiger partial charge in [-0.3, -0.25) is 4.79 Å². The fraction of sp³-hybridized carbons (Fsp3) is 0.423. The zero-order chi connectivity index (χ0) is 20.8. The molecule has 158 valence electrons. The summed E-state index contributed by atoms with van der Waals surface area (Å²) in [6, 6.07) is 19.0. The number of ether oxygens (including phenoxy) is 1. The zero-order valence-electron chi connectivity index (χ0n) is 17.9. The molecule has 2 aromatic carbocycles. The standard InChI is InChI=1S/C26H32N2O2/c1-2-30-19-18-28-20-24(23-10-6-7-11-25(23)28)22-14-16-27(17-15-22)26(29)13-12-21-8-4-3-5-9-21/h3-11,20,22H,2,12-19H2,1H3. The number of piperidine rings is 1. The average molecular weight is 405 g/mol. The first-order valence-corrected chi connectivity index (χ1v) is 11.2. The summed E-state index contributed by atoms with van der Waals surface area (Å²) >= 11 is 0.